The number of carbonyl (C=O) groups excluding carboxylic acids is 1. The number of anilines is 1. The average Bonchev–Trinajstić information content (AvgIpc) is 2.66. The van der Waals surface area contributed by atoms with E-state index in [2.05, 4.69) is 30.8 Å². The molecule has 1 aromatic heterocycles. The number of ether oxygens (including phenoxy) is 1. The number of hydrogen-bond acceptors (Lipinski definition) is 5. The predicted molar refractivity (Wildman–Crippen MR) is 110 cm³/mol. The third kappa shape index (κ3) is 4.50. The molecule has 1 saturated heterocycles. The van der Waals surface area contributed by atoms with Crippen LogP contribution in [0.25, 0.3) is 0 Å². The molecule has 0 atom stereocenters. The van der Waals surface area contributed by atoms with Crippen molar-refractivity contribution in [2.75, 3.05) is 31.2 Å². The standard InChI is InChI=1S/C18H16N3O2.3CH3.Sn/c1-13-9-16(11-17(20-13)21-5-7-23-8-6-21)18(22)15-4-2-3-14(10-15)12-19;;;;/h2-3,9-11H,5-8H2,1H3;3*1H3;. The van der Waals surface area contributed by atoms with Gasteiger partial charge in [0, 0.05) is 0 Å². The van der Waals surface area contributed by atoms with Crippen molar-refractivity contribution in [3.05, 3.63) is 52.7 Å². The molecule has 0 amide bonds. The summed E-state index contributed by atoms with van der Waals surface area (Å²) in [5.74, 6) is 0.799. The van der Waals surface area contributed by atoms with E-state index in [1.807, 2.05) is 31.2 Å². The van der Waals surface area contributed by atoms with Crippen LogP contribution in [0, 0.1) is 18.3 Å². The first-order valence-corrected chi connectivity index (χ1v) is 19.2. The molecule has 1 aromatic carbocycles. The van der Waals surface area contributed by atoms with Gasteiger partial charge in [-0.05, 0) is 0 Å². The molecule has 0 radical (unpaired) electrons. The van der Waals surface area contributed by atoms with Gasteiger partial charge in [-0.15, -0.1) is 0 Å². The van der Waals surface area contributed by atoms with Crippen molar-refractivity contribution in [2.45, 2.75) is 21.7 Å². The summed E-state index contributed by atoms with van der Waals surface area (Å²) in [5.41, 5.74) is 2.66. The Morgan fingerprint density at radius 3 is 2.52 bits per heavy atom. The fraction of sp³-hybridized carbons (Fsp3) is 0.381. The number of aryl methyl sites for hydroxylation is 1. The van der Waals surface area contributed by atoms with Gasteiger partial charge in [0.25, 0.3) is 0 Å². The minimum absolute atomic E-state index is 0.0197. The second-order valence-electron chi connectivity index (χ2n) is 7.91. The van der Waals surface area contributed by atoms with Crippen molar-refractivity contribution in [1.82, 2.24) is 4.98 Å². The fourth-order valence-corrected chi connectivity index (χ4v) is 7.85. The number of benzene rings is 1. The van der Waals surface area contributed by atoms with Gasteiger partial charge in [0.05, 0.1) is 0 Å². The Kier molecular flexibility index (Phi) is 5.87. The second-order valence-corrected chi connectivity index (χ2v) is 22.3. The third-order valence-electron chi connectivity index (χ3n) is 4.74. The Hall–Kier alpha value is -1.91. The number of ketones is 1. The van der Waals surface area contributed by atoms with Crippen molar-refractivity contribution in [3.63, 3.8) is 0 Å². The predicted octanol–water partition coefficient (Wildman–Crippen LogP) is 2.87. The second kappa shape index (κ2) is 7.99. The molecule has 1 aliphatic heterocycles. The van der Waals surface area contributed by atoms with Crippen LogP contribution in [0.2, 0.25) is 14.8 Å². The van der Waals surface area contributed by atoms with Crippen LogP contribution >= 0.6 is 0 Å². The SMILES string of the molecule is Cc1cc(C(=O)c2cc(C#N)cc[c]2[Sn]([CH3])([CH3])[CH3])cc(N2CCOCC2)n1. The first-order chi connectivity index (χ1) is 12.8. The quantitative estimate of drug-likeness (QED) is 0.508. The first kappa shape index (κ1) is 19.8. The van der Waals surface area contributed by atoms with Crippen LogP contribution in [0.1, 0.15) is 27.2 Å². The first-order valence-electron chi connectivity index (χ1n) is 9.20. The van der Waals surface area contributed by atoms with Crippen LogP contribution in [0.4, 0.5) is 5.82 Å². The van der Waals surface area contributed by atoms with E-state index in [4.69, 9.17) is 4.74 Å². The Morgan fingerprint density at radius 2 is 1.89 bits per heavy atom. The maximum atomic E-state index is 13.4. The third-order valence-corrected chi connectivity index (χ3v) is 10.6. The molecule has 0 N–H and O–H groups in total. The maximum absolute atomic E-state index is 13.4. The number of hydrogen-bond donors (Lipinski definition) is 0. The zero-order chi connectivity index (χ0) is 19.6. The van der Waals surface area contributed by atoms with Crippen LogP contribution in [0.5, 0.6) is 0 Å². The number of carbonyl (C=O) groups is 1. The number of rotatable bonds is 4. The Balaban J connectivity index is 2.06. The number of nitriles is 1. The zero-order valence-corrected chi connectivity index (χ0v) is 19.2. The van der Waals surface area contributed by atoms with E-state index in [1.54, 1.807) is 6.07 Å². The normalized spacial score (nSPS) is 14.7. The number of nitrogens with zero attached hydrogens (tertiary/aromatic N) is 3. The molecule has 0 bridgehead atoms. The Labute approximate surface area is 164 Å². The van der Waals surface area contributed by atoms with E-state index >= 15 is 0 Å². The van der Waals surface area contributed by atoms with Crippen LogP contribution in [-0.2, 0) is 4.74 Å². The summed E-state index contributed by atoms with van der Waals surface area (Å²) < 4.78 is 6.57. The molecule has 5 nitrogen and oxygen atoms in total. The molecule has 1 aliphatic rings. The summed E-state index contributed by atoms with van der Waals surface area (Å²) in [4.78, 5) is 27.0. The number of aromatic nitrogens is 1. The molecule has 3 rings (SSSR count). The van der Waals surface area contributed by atoms with E-state index in [9.17, 15) is 10.1 Å². The van der Waals surface area contributed by atoms with Crippen LogP contribution in [0.3, 0.4) is 0 Å². The Bertz CT molecular complexity index is 907. The van der Waals surface area contributed by atoms with Crippen molar-refractivity contribution in [2.24, 2.45) is 0 Å². The van der Waals surface area contributed by atoms with E-state index in [-0.39, 0.29) is 5.78 Å². The molecule has 0 unspecified atom stereocenters. The average molecular weight is 470 g/mol. The molecule has 0 spiro atoms. The summed E-state index contributed by atoms with van der Waals surface area (Å²) >= 11 is -2.53. The van der Waals surface area contributed by atoms with Crippen molar-refractivity contribution < 1.29 is 9.53 Å². The Morgan fingerprint density at radius 1 is 1.19 bits per heavy atom. The molecule has 2 heterocycles. The molecule has 0 saturated carbocycles. The molecular formula is C21H25N3O2Sn. The summed E-state index contributed by atoms with van der Waals surface area (Å²) in [5, 5.41) is 9.29. The van der Waals surface area contributed by atoms with Crippen molar-refractivity contribution in [3.8, 4) is 6.07 Å². The van der Waals surface area contributed by atoms with Gasteiger partial charge in [-0.1, -0.05) is 0 Å². The minimum atomic E-state index is -2.53. The molecule has 140 valence electrons. The molecule has 6 heteroatoms. The van der Waals surface area contributed by atoms with E-state index in [1.165, 1.54) is 0 Å². The molecule has 2 aromatic rings. The monoisotopic (exact) mass is 471 g/mol. The molecule has 0 aliphatic carbocycles. The molecule has 27 heavy (non-hydrogen) atoms. The van der Waals surface area contributed by atoms with Crippen molar-refractivity contribution >= 4 is 33.6 Å². The van der Waals surface area contributed by atoms with Gasteiger partial charge in [0.1, 0.15) is 0 Å². The van der Waals surface area contributed by atoms with Gasteiger partial charge in [-0.2, -0.15) is 0 Å². The van der Waals surface area contributed by atoms with Gasteiger partial charge in [0.15, 0.2) is 0 Å². The summed E-state index contributed by atoms with van der Waals surface area (Å²) in [6, 6.07) is 11.4. The number of pyridine rings is 1. The van der Waals surface area contributed by atoms with E-state index < -0.39 is 18.4 Å². The van der Waals surface area contributed by atoms with E-state index in [0.29, 0.717) is 29.9 Å². The van der Waals surface area contributed by atoms with Crippen LogP contribution in [0.15, 0.2) is 30.3 Å². The number of morpholine rings is 1. The summed E-state index contributed by atoms with van der Waals surface area (Å²) in [6.45, 7) is 4.81. The van der Waals surface area contributed by atoms with Crippen LogP contribution in [-0.4, -0.2) is 55.4 Å². The van der Waals surface area contributed by atoms with Crippen molar-refractivity contribution in [1.29, 1.82) is 5.26 Å². The summed E-state index contributed by atoms with van der Waals surface area (Å²) in [7, 11) is 0. The summed E-state index contributed by atoms with van der Waals surface area (Å²) in [6.07, 6.45) is 0. The topological polar surface area (TPSA) is 66.2 Å². The van der Waals surface area contributed by atoms with Gasteiger partial charge in [-0.25, -0.2) is 0 Å². The van der Waals surface area contributed by atoms with Gasteiger partial charge >= 0.3 is 165 Å². The fourth-order valence-electron chi connectivity index (χ4n) is 3.35. The molecular weight excluding hydrogens is 445 g/mol. The van der Waals surface area contributed by atoms with Gasteiger partial charge in [-0.3, -0.25) is 0 Å². The van der Waals surface area contributed by atoms with E-state index in [0.717, 1.165) is 28.2 Å². The van der Waals surface area contributed by atoms with Crippen LogP contribution < -0.4 is 8.48 Å². The zero-order valence-electron chi connectivity index (χ0n) is 16.4. The van der Waals surface area contributed by atoms with Gasteiger partial charge < -0.3 is 0 Å². The molecule has 1 fully saturated rings. The van der Waals surface area contributed by atoms with Gasteiger partial charge in [0.2, 0.25) is 0 Å².